The Morgan fingerprint density at radius 2 is 1.63 bits per heavy atom. The highest BCUT2D eigenvalue weighted by Crippen LogP contribution is 2.34. The summed E-state index contributed by atoms with van der Waals surface area (Å²) in [6.45, 7) is 3.58. The molecule has 0 aliphatic rings. The maximum atomic E-state index is 12.7. The number of hydrogen-bond donors (Lipinski definition) is 0. The number of rotatable bonds is 5. The van der Waals surface area contributed by atoms with Crippen LogP contribution < -0.4 is 8.92 Å². The standard InChI is InChI=1S/C20H17NO4S2/c1-13-4-7-17(16-8-5-15(12-21)6-9-16)10-18(13)25-27(22,23)20-11-19(24-3)14(2)26-20/h4-11H,1-3H3. The van der Waals surface area contributed by atoms with Gasteiger partial charge in [-0.2, -0.15) is 13.7 Å². The van der Waals surface area contributed by atoms with Gasteiger partial charge in [0.25, 0.3) is 0 Å². The van der Waals surface area contributed by atoms with Gasteiger partial charge in [0, 0.05) is 10.9 Å². The summed E-state index contributed by atoms with van der Waals surface area (Å²) in [6, 6.07) is 16.0. The minimum Gasteiger partial charge on any atom is -0.496 e. The lowest BCUT2D eigenvalue weighted by Crippen LogP contribution is -2.09. The van der Waals surface area contributed by atoms with Crippen LogP contribution in [0.4, 0.5) is 0 Å². The number of methoxy groups -OCH3 is 1. The van der Waals surface area contributed by atoms with Gasteiger partial charge in [-0.3, -0.25) is 0 Å². The first-order chi connectivity index (χ1) is 12.8. The van der Waals surface area contributed by atoms with Gasteiger partial charge in [-0.05, 0) is 48.7 Å². The first kappa shape index (κ1) is 19.0. The summed E-state index contributed by atoms with van der Waals surface area (Å²) in [6.07, 6.45) is 0. The Hall–Kier alpha value is -2.82. The molecule has 138 valence electrons. The number of benzene rings is 2. The van der Waals surface area contributed by atoms with E-state index in [1.54, 1.807) is 38.1 Å². The molecule has 0 atom stereocenters. The number of nitriles is 1. The van der Waals surface area contributed by atoms with Crippen LogP contribution in [-0.4, -0.2) is 15.5 Å². The molecule has 0 saturated carbocycles. The highest BCUT2D eigenvalue weighted by molar-refractivity contribution is 7.89. The number of aryl methyl sites for hydroxylation is 2. The van der Waals surface area contributed by atoms with Crippen molar-refractivity contribution in [3.8, 4) is 28.7 Å². The van der Waals surface area contributed by atoms with Gasteiger partial charge in [0.15, 0.2) is 4.21 Å². The van der Waals surface area contributed by atoms with E-state index in [0.717, 1.165) is 27.3 Å². The zero-order valence-corrected chi connectivity index (χ0v) is 16.6. The molecular weight excluding hydrogens is 382 g/mol. The van der Waals surface area contributed by atoms with Crippen molar-refractivity contribution in [1.29, 1.82) is 5.26 Å². The van der Waals surface area contributed by atoms with Crippen LogP contribution in [0.1, 0.15) is 16.0 Å². The molecule has 0 aliphatic heterocycles. The van der Waals surface area contributed by atoms with Crippen LogP contribution >= 0.6 is 11.3 Å². The fourth-order valence-electron chi connectivity index (χ4n) is 2.53. The fraction of sp³-hybridized carbons (Fsp3) is 0.150. The van der Waals surface area contributed by atoms with Crippen LogP contribution in [-0.2, 0) is 10.1 Å². The second-order valence-electron chi connectivity index (χ2n) is 5.90. The maximum absolute atomic E-state index is 12.7. The second kappa shape index (κ2) is 7.43. The number of hydrogen-bond acceptors (Lipinski definition) is 6. The molecule has 0 bridgehead atoms. The molecule has 7 heteroatoms. The molecule has 3 rings (SSSR count). The summed E-state index contributed by atoms with van der Waals surface area (Å²) < 4.78 is 36.0. The molecular formula is C20H17NO4S2. The van der Waals surface area contributed by atoms with Crippen LogP contribution in [0, 0.1) is 25.2 Å². The molecule has 0 fully saturated rings. The Bertz CT molecular complexity index is 1120. The summed E-state index contributed by atoms with van der Waals surface area (Å²) in [5.74, 6) is 0.784. The molecule has 27 heavy (non-hydrogen) atoms. The van der Waals surface area contributed by atoms with Gasteiger partial charge in [0.1, 0.15) is 11.5 Å². The molecule has 2 aromatic carbocycles. The zero-order chi connectivity index (χ0) is 19.6. The van der Waals surface area contributed by atoms with Crippen molar-refractivity contribution < 1.29 is 17.3 Å². The second-order valence-corrected chi connectivity index (χ2v) is 8.93. The van der Waals surface area contributed by atoms with Gasteiger partial charge in [-0.15, -0.1) is 11.3 Å². The normalized spacial score (nSPS) is 11.0. The predicted molar refractivity (Wildman–Crippen MR) is 105 cm³/mol. The maximum Gasteiger partial charge on any atom is 0.348 e. The van der Waals surface area contributed by atoms with Gasteiger partial charge in [-0.25, -0.2) is 0 Å². The zero-order valence-electron chi connectivity index (χ0n) is 15.0. The van der Waals surface area contributed by atoms with Crippen molar-refractivity contribution in [3.63, 3.8) is 0 Å². The van der Waals surface area contributed by atoms with Crippen LogP contribution in [0.5, 0.6) is 11.5 Å². The van der Waals surface area contributed by atoms with Gasteiger partial charge in [-0.1, -0.05) is 24.3 Å². The number of nitrogens with zero attached hydrogens (tertiary/aromatic N) is 1. The Kier molecular flexibility index (Phi) is 5.22. The van der Waals surface area contributed by atoms with E-state index in [4.69, 9.17) is 14.2 Å². The molecule has 0 radical (unpaired) electrons. The topological polar surface area (TPSA) is 76.4 Å². The summed E-state index contributed by atoms with van der Waals surface area (Å²) in [7, 11) is -2.46. The lowest BCUT2D eigenvalue weighted by molar-refractivity contribution is 0.413. The number of thiophene rings is 1. The Morgan fingerprint density at radius 3 is 2.22 bits per heavy atom. The average molecular weight is 399 g/mol. The summed E-state index contributed by atoms with van der Waals surface area (Å²) in [5.41, 5.74) is 2.93. The fourth-order valence-corrected chi connectivity index (χ4v) is 4.88. The highest BCUT2D eigenvalue weighted by Gasteiger charge is 2.22. The molecule has 1 aromatic heterocycles. The van der Waals surface area contributed by atoms with Crippen molar-refractivity contribution >= 4 is 21.5 Å². The SMILES string of the molecule is COc1cc(S(=O)(=O)Oc2cc(-c3ccc(C#N)cc3)ccc2C)sc1C. The molecule has 0 unspecified atom stereocenters. The first-order valence-corrected chi connectivity index (χ1v) is 10.3. The monoisotopic (exact) mass is 399 g/mol. The average Bonchev–Trinajstić information content (AvgIpc) is 3.05. The highest BCUT2D eigenvalue weighted by atomic mass is 32.3. The summed E-state index contributed by atoms with van der Waals surface area (Å²) in [4.78, 5) is 0.766. The van der Waals surface area contributed by atoms with Gasteiger partial charge in [0.05, 0.1) is 18.7 Å². The van der Waals surface area contributed by atoms with Crippen molar-refractivity contribution in [1.82, 2.24) is 0 Å². The number of ether oxygens (including phenoxy) is 1. The third-order valence-corrected chi connectivity index (χ3v) is 6.75. The van der Waals surface area contributed by atoms with Crippen LogP contribution in [0.2, 0.25) is 0 Å². The first-order valence-electron chi connectivity index (χ1n) is 8.04. The minimum absolute atomic E-state index is 0.0972. The minimum atomic E-state index is -3.96. The van der Waals surface area contributed by atoms with E-state index < -0.39 is 10.1 Å². The van der Waals surface area contributed by atoms with Crippen molar-refractivity contribution in [2.24, 2.45) is 0 Å². The van der Waals surface area contributed by atoms with Crippen LogP contribution in [0.3, 0.4) is 0 Å². The van der Waals surface area contributed by atoms with E-state index >= 15 is 0 Å². The van der Waals surface area contributed by atoms with Gasteiger partial charge < -0.3 is 8.92 Å². The Labute approximate surface area is 162 Å². The predicted octanol–water partition coefficient (Wildman–Crippen LogP) is 4.68. The molecule has 5 nitrogen and oxygen atoms in total. The third kappa shape index (κ3) is 3.97. The molecule has 1 heterocycles. The van der Waals surface area contributed by atoms with E-state index in [1.165, 1.54) is 13.2 Å². The largest absolute Gasteiger partial charge is 0.496 e. The van der Waals surface area contributed by atoms with E-state index in [1.807, 2.05) is 18.2 Å². The smallest absolute Gasteiger partial charge is 0.348 e. The van der Waals surface area contributed by atoms with E-state index in [0.29, 0.717) is 16.9 Å². The lowest BCUT2D eigenvalue weighted by Gasteiger charge is -2.10. The lowest BCUT2D eigenvalue weighted by atomic mass is 10.0. The molecule has 0 N–H and O–H groups in total. The summed E-state index contributed by atoms with van der Waals surface area (Å²) in [5, 5.41) is 8.91. The Balaban J connectivity index is 1.95. The van der Waals surface area contributed by atoms with Gasteiger partial charge >= 0.3 is 10.1 Å². The van der Waals surface area contributed by atoms with Crippen LogP contribution in [0.25, 0.3) is 11.1 Å². The van der Waals surface area contributed by atoms with E-state index in [-0.39, 0.29) is 9.96 Å². The van der Waals surface area contributed by atoms with Crippen molar-refractivity contribution in [2.75, 3.05) is 7.11 Å². The van der Waals surface area contributed by atoms with Crippen molar-refractivity contribution in [3.05, 3.63) is 64.5 Å². The van der Waals surface area contributed by atoms with Crippen molar-refractivity contribution in [2.45, 2.75) is 18.1 Å². The Morgan fingerprint density at radius 1 is 0.963 bits per heavy atom. The van der Waals surface area contributed by atoms with E-state index in [2.05, 4.69) is 6.07 Å². The molecule has 0 amide bonds. The molecule has 0 aliphatic carbocycles. The third-order valence-electron chi connectivity index (χ3n) is 4.05. The van der Waals surface area contributed by atoms with Crippen LogP contribution in [0.15, 0.2) is 52.7 Å². The quantitative estimate of drug-likeness (QED) is 0.582. The molecule has 3 aromatic rings. The molecule has 0 spiro atoms. The summed E-state index contributed by atoms with van der Waals surface area (Å²) >= 11 is 1.11. The molecule has 0 saturated heterocycles. The van der Waals surface area contributed by atoms with E-state index in [9.17, 15) is 8.42 Å². The van der Waals surface area contributed by atoms with Gasteiger partial charge in [0.2, 0.25) is 0 Å².